The first-order valence-corrected chi connectivity index (χ1v) is 7.72. The number of aryl methyl sites for hydroxylation is 1. The quantitative estimate of drug-likeness (QED) is 0.762. The molecule has 0 radical (unpaired) electrons. The van der Waals surface area contributed by atoms with Gasteiger partial charge in [-0.3, -0.25) is 0 Å². The molecule has 2 nitrogen and oxygen atoms in total. The molecule has 0 saturated heterocycles. The summed E-state index contributed by atoms with van der Waals surface area (Å²) in [4.78, 5) is 10.9. The van der Waals surface area contributed by atoms with Crippen molar-refractivity contribution >= 4 is 5.97 Å². The molecule has 1 atom stereocenters. The predicted molar refractivity (Wildman–Crippen MR) is 82.0 cm³/mol. The molecule has 0 saturated carbocycles. The van der Waals surface area contributed by atoms with Gasteiger partial charge in [-0.2, -0.15) is 0 Å². The Morgan fingerprint density at radius 1 is 1.25 bits per heavy atom. The third-order valence-electron chi connectivity index (χ3n) is 4.21. The minimum absolute atomic E-state index is 0.489. The molecule has 20 heavy (non-hydrogen) atoms. The first kappa shape index (κ1) is 14.8. The monoisotopic (exact) mass is 272 g/mol. The first-order valence-electron chi connectivity index (χ1n) is 7.72. The average molecular weight is 272 g/mol. The van der Waals surface area contributed by atoms with Crippen molar-refractivity contribution in [1.29, 1.82) is 0 Å². The Morgan fingerprint density at radius 3 is 2.55 bits per heavy atom. The van der Waals surface area contributed by atoms with Crippen LogP contribution < -0.4 is 0 Å². The van der Waals surface area contributed by atoms with E-state index in [0.29, 0.717) is 17.9 Å². The van der Waals surface area contributed by atoms with E-state index < -0.39 is 5.97 Å². The summed E-state index contributed by atoms with van der Waals surface area (Å²) >= 11 is 0. The minimum atomic E-state index is -0.755. The SMILES string of the molecule is CCCCCc1ccc(C2CC=C(C(=O)O)CC2)cc1. The van der Waals surface area contributed by atoms with Crippen LogP contribution >= 0.6 is 0 Å². The van der Waals surface area contributed by atoms with E-state index in [1.54, 1.807) is 0 Å². The summed E-state index contributed by atoms with van der Waals surface area (Å²) in [5.74, 6) is -0.266. The molecule has 0 spiro atoms. The van der Waals surface area contributed by atoms with E-state index in [4.69, 9.17) is 5.11 Å². The fourth-order valence-electron chi connectivity index (χ4n) is 2.87. The predicted octanol–water partition coefficient (Wildman–Crippen LogP) is 4.70. The smallest absolute Gasteiger partial charge is 0.331 e. The zero-order chi connectivity index (χ0) is 14.4. The number of hydrogen-bond donors (Lipinski definition) is 1. The van der Waals surface area contributed by atoms with Crippen molar-refractivity contribution in [2.24, 2.45) is 0 Å². The van der Waals surface area contributed by atoms with E-state index in [9.17, 15) is 4.79 Å². The Bertz CT molecular complexity index is 471. The number of carboxylic acids is 1. The molecule has 1 unspecified atom stereocenters. The summed E-state index contributed by atoms with van der Waals surface area (Å²) in [6.45, 7) is 2.23. The van der Waals surface area contributed by atoms with Crippen molar-refractivity contribution in [3.63, 3.8) is 0 Å². The van der Waals surface area contributed by atoms with Crippen LogP contribution in [0.2, 0.25) is 0 Å². The van der Waals surface area contributed by atoms with E-state index >= 15 is 0 Å². The van der Waals surface area contributed by atoms with Crippen LogP contribution in [-0.4, -0.2) is 11.1 Å². The van der Waals surface area contributed by atoms with Gasteiger partial charge < -0.3 is 5.11 Å². The molecule has 1 aromatic rings. The van der Waals surface area contributed by atoms with Crippen molar-refractivity contribution in [1.82, 2.24) is 0 Å². The number of unbranched alkanes of at least 4 members (excludes halogenated alkanes) is 2. The molecule has 0 amide bonds. The van der Waals surface area contributed by atoms with Crippen LogP contribution in [-0.2, 0) is 11.2 Å². The lowest BCUT2D eigenvalue weighted by atomic mass is 9.84. The molecule has 1 aromatic carbocycles. The molecule has 0 aromatic heterocycles. The van der Waals surface area contributed by atoms with Crippen LogP contribution in [0.4, 0.5) is 0 Å². The van der Waals surface area contributed by atoms with Gasteiger partial charge in [0.15, 0.2) is 0 Å². The maximum absolute atomic E-state index is 10.9. The van der Waals surface area contributed by atoms with Crippen molar-refractivity contribution in [2.45, 2.75) is 57.8 Å². The van der Waals surface area contributed by atoms with Gasteiger partial charge in [-0.1, -0.05) is 50.1 Å². The molecule has 0 bridgehead atoms. The second kappa shape index (κ2) is 7.28. The molecule has 108 valence electrons. The molecule has 0 aliphatic heterocycles. The Morgan fingerprint density at radius 2 is 2.00 bits per heavy atom. The van der Waals surface area contributed by atoms with Crippen LogP contribution in [0.5, 0.6) is 0 Å². The number of carbonyl (C=O) groups is 1. The summed E-state index contributed by atoms with van der Waals surface area (Å²) in [5.41, 5.74) is 3.35. The largest absolute Gasteiger partial charge is 0.478 e. The van der Waals surface area contributed by atoms with Gasteiger partial charge in [-0.15, -0.1) is 0 Å². The standard InChI is InChI=1S/C18H24O2/c1-2-3-4-5-14-6-8-15(9-7-14)16-10-12-17(13-11-16)18(19)20/h6-9,12,16H,2-5,10-11,13H2,1H3,(H,19,20). The van der Waals surface area contributed by atoms with Gasteiger partial charge in [0.25, 0.3) is 0 Å². The second-order valence-corrected chi connectivity index (χ2v) is 5.70. The van der Waals surface area contributed by atoms with Crippen molar-refractivity contribution in [3.05, 3.63) is 47.0 Å². The molecule has 1 N–H and O–H groups in total. The van der Waals surface area contributed by atoms with E-state index in [0.717, 1.165) is 12.8 Å². The van der Waals surface area contributed by atoms with Crippen molar-refractivity contribution in [2.75, 3.05) is 0 Å². The van der Waals surface area contributed by atoms with Crippen LogP contribution in [0.1, 0.15) is 62.5 Å². The third-order valence-corrected chi connectivity index (χ3v) is 4.21. The molecule has 2 rings (SSSR count). The molecule has 2 heteroatoms. The fourth-order valence-corrected chi connectivity index (χ4v) is 2.87. The van der Waals surface area contributed by atoms with Crippen LogP contribution in [0, 0.1) is 0 Å². The summed E-state index contributed by atoms with van der Waals surface area (Å²) in [5, 5.41) is 8.97. The minimum Gasteiger partial charge on any atom is -0.478 e. The fraction of sp³-hybridized carbons (Fsp3) is 0.500. The molecule has 0 heterocycles. The maximum atomic E-state index is 10.9. The topological polar surface area (TPSA) is 37.3 Å². The number of carboxylic acid groups (broad SMARTS) is 1. The van der Waals surface area contributed by atoms with Gasteiger partial charge in [-0.05, 0) is 49.1 Å². The van der Waals surface area contributed by atoms with Gasteiger partial charge in [0.05, 0.1) is 0 Å². The number of rotatable bonds is 6. The Balaban J connectivity index is 1.92. The highest BCUT2D eigenvalue weighted by atomic mass is 16.4. The molecule has 1 aliphatic rings. The van der Waals surface area contributed by atoms with Crippen LogP contribution in [0.3, 0.4) is 0 Å². The lowest BCUT2D eigenvalue weighted by Gasteiger charge is -2.20. The molecular formula is C18H24O2. The van der Waals surface area contributed by atoms with E-state index in [1.165, 1.54) is 36.8 Å². The summed E-state index contributed by atoms with van der Waals surface area (Å²) < 4.78 is 0. The first-order chi connectivity index (χ1) is 9.70. The van der Waals surface area contributed by atoms with E-state index in [2.05, 4.69) is 31.2 Å². The zero-order valence-corrected chi connectivity index (χ0v) is 12.3. The Kier molecular flexibility index (Phi) is 5.40. The van der Waals surface area contributed by atoms with Gasteiger partial charge in [0, 0.05) is 5.57 Å². The Labute approximate surface area is 121 Å². The number of aliphatic carboxylic acids is 1. The van der Waals surface area contributed by atoms with E-state index in [1.807, 2.05) is 6.08 Å². The maximum Gasteiger partial charge on any atom is 0.331 e. The van der Waals surface area contributed by atoms with Gasteiger partial charge in [-0.25, -0.2) is 4.79 Å². The lowest BCUT2D eigenvalue weighted by molar-refractivity contribution is -0.132. The van der Waals surface area contributed by atoms with Crippen molar-refractivity contribution in [3.8, 4) is 0 Å². The summed E-state index contributed by atoms with van der Waals surface area (Å²) in [6, 6.07) is 8.93. The van der Waals surface area contributed by atoms with Gasteiger partial charge >= 0.3 is 5.97 Å². The normalized spacial score (nSPS) is 18.6. The third kappa shape index (κ3) is 3.96. The number of benzene rings is 1. The molecular weight excluding hydrogens is 248 g/mol. The second-order valence-electron chi connectivity index (χ2n) is 5.70. The number of hydrogen-bond acceptors (Lipinski definition) is 1. The van der Waals surface area contributed by atoms with Crippen molar-refractivity contribution < 1.29 is 9.90 Å². The van der Waals surface area contributed by atoms with Crippen LogP contribution in [0.15, 0.2) is 35.9 Å². The zero-order valence-electron chi connectivity index (χ0n) is 12.3. The number of allylic oxidation sites excluding steroid dienone is 1. The van der Waals surface area contributed by atoms with Crippen LogP contribution in [0.25, 0.3) is 0 Å². The highest BCUT2D eigenvalue weighted by Gasteiger charge is 2.19. The summed E-state index contributed by atoms with van der Waals surface area (Å²) in [7, 11) is 0. The average Bonchev–Trinajstić information content (AvgIpc) is 2.48. The van der Waals surface area contributed by atoms with Gasteiger partial charge in [0.2, 0.25) is 0 Å². The Hall–Kier alpha value is -1.57. The summed E-state index contributed by atoms with van der Waals surface area (Å²) in [6.07, 6.45) is 9.39. The highest BCUT2D eigenvalue weighted by Crippen LogP contribution is 2.32. The lowest BCUT2D eigenvalue weighted by Crippen LogP contribution is -2.09. The highest BCUT2D eigenvalue weighted by molar-refractivity contribution is 5.86. The van der Waals surface area contributed by atoms with E-state index in [-0.39, 0.29) is 0 Å². The molecule has 1 aliphatic carbocycles. The van der Waals surface area contributed by atoms with Gasteiger partial charge in [0.1, 0.15) is 0 Å². The molecule has 0 fully saturated rings.